The van der Waals surface area contributed by atoms with Gasteiger partial charge in [-0.15, -0.1) is 0 Å². The predicted octanol–water partition coefficient (Wildman–Crippen LogP) is 2.60. The Kier molecular flexibility index (Phi) is 3.27. The van der Waals surface area contributed by atoms with E-state index in [0.717, 1.165) is 5.56 Å². The monoisotopic (exact) mass is 254 g/mol. The summed E-state index contributed by atoms with van der Waals surface area (Å²) in [5, 5.41) is 1.09. The summed E-state index contributed by atoms with van der Waals surface area (Å²) in [6.07, 6.45) is 3.10. The summed E-state index contributed by atoms with van der Waals surface area (Å²) >= 11 is 12.0. The first-order valence-electron chi connectivity index (χ1n) is 4.63. The molecule has 0 unspecified atom stereocenters. The molecule has 5 heteroatoms. The lowest BCUT2D eigenvalue weighted by Gasteiger charge is -2.08. The fraction of sp³-hybridized carbons (Fsp3) is 0.0909. The second-order valence-corrected chi connectivity index (χ2v) is 4.04. The Morgan fingerprint density at radius 1 is 1.19 bits per heavy atom. The van der Waals surface area contributed by atoms with Crippen molar-refractivity contribution in [2.45, 2.75) is 6.54 Å². The topological polar surface area (TPSA) is 34.9 Å². The average Bonchev–Trinajstić information content (AvgIpc) is 2.26. The molecular formula is C11H8Cl2N2O. The fourth-order valence-electron chi connectivity index (χ4n) is 1.36. The van der Waals surface area contributed by atoms with Crippen molar-refractivity contribution in [2.75, 3.05) is 0 Å². The lowest BCUT2D eigenvalue weighted by molar-refractivity contribution is 0.727. The lowest BCUT2D eigenvalue weighted by atomic mass is 10.2. The van der Waals surface area contributed by atoms with Crippen LogP contribution in [0.4, 0.5) is 0 Å². The van der Waals surface area contributed by atoms with E-state index in [4.69, 9.17) is 23.2 Å². The van der Waals surface area contributed by atoms with Crippen molar-refractivity contribution in [2.24, 2.45) is 0 Å². The molecule has 0 radical (unpaired) electrons. The van der Waals surface area contributed by atoms with E-state index in [-0.39, 0.29) is 5.69 Å². The molecule has 3 nitrogen and oxygen atoms in total. The minimum Gasteiger partial charge on any atom is -0.295 e. The highest BCUT2D eigenvalue weighted by molar-refractivity contribution is 6.35. The third kappa shape index (κ3) is 2.26. The molecule has 0 bridgehead atoms. The molecule has 0 spiro atoms. The van der Waals surface area contributed by atoms with Crippen LogP contribution in [-0.4, -0.2) is 9.55 Å². The number of aromatic nitrogens is 2. The van der Waals surface area contributed by atoms with Crippen molar-refractivity contribution in [3.8, 4) is 0 Å². The number of hydrogen-bond acceptors (Lipinski definition) is 2. The Bertz CT molecular complexity index is 546. The van der Waals surface area contributed by atoms with E-state index in [9.17, 15) is 4.79 Å². The van der Waals surface area contributed by atoms with E-state index in [1.54, 1.807) is 30.5 Å². The van der Waals surface area contributed by atoms with E-state index in [1.807, 2.05) is 0 Å². The van der Waals surface area contributed by atoms with Gasteiger partial charge in [-0.25, -0.2) is 9.78 Å². The second kappa shape index (κ2) is 4.68. The molecule has 0 atom stereocenters. The maximum atomic E-state index is 11.4. The van der Waals surface area contributed by atoms with E-state index in [1.165, 1.54) is 10.8 Å². The van der Waals surface area contributed by atoms with Crippen LogP contribution in [-0.2, 0) is 6.54 Å². The first kappa shape index (κ1) is 11.2. The summed E-state index contributed by atoms with van der Waals surface area (Å²) < 4.78 is 1.45. The molecular weight excluding hydrogens is 247 g/mol. The van der Waals surface area contributed by atoms with Gasteiger partial charge in [0.05, 0.1) is 6.54 Å². The molecule has 0 amide bonds. The van der Waals surface area contributed by atoms with Gasteiger partial charge in [0.2, 0.25) is 0 Å². The quantitative estimate of drug-likeness (QED) is 0.826. The van der Waals surface area contributed by atoms with Gasteiger partial charge in [-0.05, 0) is 18.2 Å². The Morgan fingerprint density at radius 2 is 1.88 bits per heavy atom. The van der Waals surface area contributed by atoms with Crippen LogP contribution in [0.15, 0.2) is 41.5 Å². The molecule has 0 saturated heterocycles. The first-order valence-corrected chi connectivity index (χ1v) is 5.38. The van der Waals surface area contributed by atoms with Gasteiger partial charge in [-0.1, -0.05) is 29.3 Å². The first-order chi connectivity index (χ1) is 7.68. The molecule has 0 aliphatic rings. The SMILES string of the molecule is O=c1ncccn1Cc1c(Cl)cccc1Cl. The van der Waals surface area contributed by atoms with Gasteiger partial charge < -0.3 is 0 Å². The van der Waals surface area contributed by atoms with Crippen LogP contribution >= 0.6 is 23.2 Å². The summed E-state index contributed by atoms with van der Waals surface area (Å²) in [5.41, 5.74) is 0.402. The van der Waals surface area contributed by atoms with Crippen LogP contribution in [0.2, 0.25) is 10.0 Å². The molecule has 1 aromatic carbocycles. The predicted molar refractivity (Wildman–Crippen MR) is 64.1 cm³/mol. The van der Waals surface area contributed by atoms with Crippen LogP contribution in [0.1, 0.15) is 5.56 Å². The molecule has 0 aliphatic carbocycles. The average molecular weight is 255 g/mol. The van der Waals surface area contributed by atoms with Gasteiger partial charge >= 0.3 is 5.69 Å². The van der Waals surface area contributed by atoms with Crippen LogP contribution in [0.3, 0.4) is 0 Å². The van der Waals surface area contributed by atoms with Crippen molar-refractivity contribution < 1.29 is 0 Å². The molecule has 16 heavy (non-hydrogen) atoms. The van der Waals surface area contributed by atoms with Gasteiger partial charge in [0.25, 0.3) is 0 Å². The number of rotatable bonds is 2. The van der Waals surface area contributed by atoms with E-state index in [2.05, 4.69) is 4.98 Å². The Hall–Kier alpha value is -1.32. The largest absolute Gasteiger partial charge is 0.347 e. The van der Waals surface area contributed by atoms with Crippen LogP contribution < -0.4 is 5.69 Å². The van der Waals surface area contributed by atoms with E-state index >= 15 is 0 Å². The van der Waals surface area contributed by atoms with Gasteiger partial charge in [-0.2, -0.15) is 0 Å². The molecule has 1 aromatic heterocycles. The summed E-state index contributed by atoms with van der Waals surface area (Å²) in [6.45, 7) is 0.325. The highest BCUT2D eigenvalue weighted by Crippen LogP contribution is 2.24. The van der Waals surface area contributed by atoms with Gasteiger partial charge in [-0.3, -0.25) is 4.57 Å². The molecule has 1 heterocycles. The molecule has 2 rings (SSSR count). The number of halogens is 2. The normalized spacial score (nSPS) is 10.4. The molecule has 0 aliphatic heterocycles. The maximum Gasteiger partial charge on any atom is 0.347 e. The van der Waals surface area contributed by atoms with Gasteiger partial charge in [0.15, 0.2) is 0 Å². The third-order valence-corrected chi connectivity index (χ3v) is 2.88. The zero-order chi connectivity index (χ0) is 11.5. The highest BCUT2D eigenvalue weighted by atomic mass is 35.5. The molecule has 0 N–H and O–H groups in total. The number of hydrogen-bond donors (Lipinski definition) is 0. The smallest absolute Gasteiger partial charge is 0.295 e. The van der Waals surface area contributed by atoms with Crippen molar-refractivity contribution in [1.29, 1.82) is 0 Å². The van der Waals surface area contributed by atoms with Crippen LogP contribution in [0, 0.1) is 0 Å². The maximum absolute atomic E-state index is 11.4. The fourth-order valence-corrected chi connectivity index (χ4v) is 1.88. The van der Waals surface area contributed by atoms with E-state index in [0.29, 0.717) is 16.6 Å². The molecule has 82 valence electrons. The summed E-state index contributed by atoms with van der Waals surface area (Å²) in [7, 11) is 0. The van der Waals surface area contributed by atoms with Gasteiger partial charge in [0.1, 0.15) is 0 Å². The second-order valence-electron chi connectivity index (χ2n) is 3.23. The zero-order valence-corrected chi connectivity index (χ0v) is 9.74. The number of benzene rings is 1. The van der Waals surface area contributed by atoms with Crippen molar-refractivity contribution >= 4 is 23.2 Å². The minimum atomic E-state index is -0.321. The van der Waals surface area contributed by atoms with Crippen LogP contribution in [0.5, 0.6) is 0 Å². The standard InChI is InChI=1S/C11H8Cl2N2O/c12-9-3-1-4-10(13)8(9)7-15-6-2-5-14-11(15)16/h1-6H,7H2. The Morgan fingerprint density at radius 3 is 2.50 bits per heavy atom. The summed E-state index contributed by atoms with van der Waals surface area (Å²) in [6, 6.07) is 6.93. The van der Waals surface area contributed by atoms with Crippen molar-refractivity contribution in [3.05, 3.63) is 62.8 Å². The highest BCUT2D eigenvalue weighted by Gasteiger charge is 2.06. The van der Waals surface area contributed by atoms with Crippen molar-refractivity contribution in [3.63, 3.8) is 0 Å². The van der Waals surface area contributed by atoms with Crippen LogP contribution in [0.25, 0.3) is 0 Å². The Balaban J connectivity index is 2.42. The summed E-state index contributed by atoms with van der Waals surface area (Å²) in [4.78, 5) is 15.1. The minimum absolute atomic E-state index is 0.321. The third-order valence-electron chi connectivity index (χ3n) is 2.17. The lowest BCUT2D eigenvalue weighted by Crippen LogP contribution is -2.22. The molecule has 0 fully saturated rings. The van der Waals surface area contributed by atoms with Crippen molar-refractivity contribution in [1.82, 2.24) is 9.55 Å². The van der Waals surface area contributed by atoms with Gasteiger partial charge in [0, 0.05) is 28.0 Å². The molecule has 2 aromatic rings. The zero-order valence-electron chi connectivity index (χ0n) is 8.23. The summed E-state index contributed by atoms with van der Waals surface area (Å²) in [5.74, 6) is 0. The Labute approximate surface area is 102 Å². The molecule has 0 saturated carbocycles. The number of nitrogens with zero attached hydrogens (tertiary/aromatic N) is 2. The van der Waals surface area contributed by atoms with E-state index < -0.39 is 0 Å².